The number of aromatic nitrogens is 4. The molecule has 0 amide bonds. The number of fused-ring (bicyclic) bond motifs is 1. The summed E-state index contributed by atoms with van der Waals surface area (Å²) >= 11 is 1.46. The Kier molecular flexibility index (Phi) is 3.35. The standard InChI is InChI=1S/C13H18N4OS/c1-3-9-10-11(14-13(19-2)15-12(10)18)17(16-9)8-6-4-5-7-8/h8H,3-7H2,1-2H3,(H,14,15,18). The Balaban J connectivity index is 2.26. The first kappa shape index (κ1) is 12.7. The van der Waals surface area contributed by atoms with Crippen molar-refractivity contribution >= 4 is 22.8 Å². The maximum absolute atomic E-state index is 12.2. The highest BCUT2D eigenvalue weighted by molar-refractivity contribution is 7.98. The Morgan fingerprint density at radius 3 is 2.79 bits per heavy atom. The van der Waals surface area contributed by atoms with Gasteiger partial charge in [-0.15, -0.1) is 0 Å². The average Bonchev–Trinajstić information content (AvgIpc) is 3.04. The summed E-state index contributed by atoms with van der Waals surface area (Å²) in [5.41, 5.74) is 1.57. The Bertz CT molecular complexity index is 654. The number of nitrogens with one attached hydrogen (secondary N) is 1. The lowest BCUT2D eigenvalue weighted by atomic mass is 10.2. The third-order valence-electron chi connectivity index (χ3n) is 3.81. The van der Waals surface area contributed by atoms with E-state index >= 15 is 0 Å². The minimum Gasteiger partial charge on any atom is -0.301 e. The zero-order chi connectivity index (χ0) is 13.4. The number of hydrogen-bond donors (Lipinski definition) is 1. The quantitative estimate of drug-likeness (QED) is 0.692. The summed E-state index contributed by atoms with van der Waals surface area (Å²) in [4.78, 5) is 19.6. The van der Waals surface area contributed by atoms with E-state index in [0.717, 1.165) is 30.6 Å². The highest BCUT2D eigenvalue weighted by Crippen LogP contribution is 2.31. The second-order valence-electron chi connectivity index (χ2n) is 4.96. The van der Waals surface area contributed by atoms with Gasteiger partial charge in [0.05, 0.1) is 11.7 Å². The molecule has 2 aromatic heterocycles. The molecule has 0 bridgehead atoms. The molecule has 0 radical (unpaired) electrons. The molecule has 6 heteroatoms. The van der Waals surface area contributed by atoms with Gasteiger partial charge >= 0.3 is 0 Å². The van der Waals surface area contributed by atoms with Crippen LogP contribution in [0.25, 0.3) is 11.0 Å². The third kappa shape index (κ3) is 2.08. The van der Waals surface area contributed by atoms with Crippen LogP contribution >= 0.6 is 11.8 Å². The Morgan fingerprint density at radius 2 is 2.16 bits per heavy atom. The first-order chi connectivity index (χ1) is 9.24. The molecule has 0 saturated heterocycles. The molecule has 102 valence electrons. The van der Waals surface area contributed by atoms with E-state index in [4.69, 9.17) is 0 Å². The van der Waals surface area contributed by atoms with Crippen LogP contribution in [-0.4, -0.2) is 26.0 Å². The lowest BCUT2D eigenvalue weighted by Crippen LogP contribution is -2.12. The third-order valence-corrected chi connectivity index (χ3v) is 4.39. The van der Waals surface area contributed by atoms with E-state index in [1.165, 1.54) is 24.6 Å². The van der Waals surface area contributed by atoms with Crippen LogP contribution in [0.5, 0.6) is 0 Å². The Morgan fingerprint density at radius 1 is 1.42 bits per heavy atom. The summed E-state index contributed by atoms with van der Waals surface area (Å²) in [5.74, 6) is 0. The molecule has 3 rings (SSSR count). The molecule has 1 fully saturated rings. The fourth-order valence-corrected chi connectivity index (χ4v) is 3.21. The zero-order valence-electron chi connectivity index (χ0n) is 11.3. The van der Waals surface area contributed by atoms with Crippen molar-refractivity contribution in [3.05, 3.63) is 16.0 Å². The molecular weight excluding hydrogens is 260 g/mol. The molecular formula is C13H18N4OS. The first-order valence-corrected chi connectivity index (χ1v) is 8.02. The fraction of sp³-hybridized carbons (Fsp3) is 0.615. The van der Waals surface area contributed by atoms with Gasteiger partial charge in [0.25, 0.3) is 5.56 Å². The Hall–Kier alpha value is -1.30. The normalized spacial score (nSPS) is 16.5. The van der Waals surface area contributed by atoms with Gasteiger partial charge in [0.15, 0.2) is 10.8 Å². The van der Waals surface area contributed by atoms with E-state index in [0.29, 0.717) is 16.6 Å². The van der Waals surface area contributed by atoms with Crippen molar-refractivity contribution in [1.82, 2.24) is 19.7 Å². The number of rotatable bonds is 3. The van der Waals surface area contributed by atoms with Crippen LogP contribution in [0.3, 0.4) is 0 Å². The van der Waals surface area contributed by atoms with Crippen LogP contribution in [-0.2, 0) is 6.42 Å². The van der Waals surface area contributed by atoms with Gasteiger partial charge < -0.3 is 4.98 Å². The van der Waals surface area contributed by atoms with E-state index in [1.807, 2.05) is 17.9 Å². The largest absolute Gasteiger partial charge is 0.301 e. The smallest absolute Gasteiger partial charge is 0.262 e. The predicted molar refractivity (Wildman–Crippen MR) is 76.8 cm³/mol. The maximum atomic E-state index is 12.2. The molecule has 1 saturated carbocycles. The van der Waals surface area contributed by atoms with Crippen molar-refractivity contribution in [2.45, 2.75) is 50.2 Å². The SMILES string of the molecule is CCc1nn(C2CCCC2)c2nc(SC)[nH]c(=O)c12. The molecule has 1 N–H and O–H groups in total. The van der Waals surface area contributed by atoms with Crippen LogP contribution in [0.2, 0.25) is 0 Å². The zero-order valence-corrected chi connectivity index (χ0v) is 12.1. The minimum absolute atomic E-state index is 0.0598. The highest BCUT2D eigenvalue weighted by atomic mass is 32.2. The van der Waals surface area contributed by atoms with Crippen LogP contribution in [0.15, 0.2) is 9.95 Å². The van der Waals surface area contributed by atoms with Gasteiger partial charge in [-0.05, 0) is 25.5 Å². The fourth-order valence-electron chi connectivity index (χ4n) is 2.84. The summed E-state index contributed by atoms with van der Waals surface area (Å²) in [6, 6.07) is 0.409. The lowest BCUT2D eigenvalue weighted by Gasteiger charge is -2.10. The molecule has 0 atom stereocenters. The Labute approximate surface area is 115 Å². The average molecular weight is 278 g/mol. The topological polar surface area (TPSA) is 63.6 Å². The number of aromatic amines is 1. The van der Waals surface area contributed by atoms with Gasteiger partial charge in [-0.3, -0.25) is 4.79 Å². The number of aryl methyl sites for hydroxylation is 1. The van der Waals surface area contributed by atoms with Crippen molar-refractivity contribution in [3.63, 3.8) is 0 Å². The predicted octanol–water partition coefficient (Wildman–Crippen LogP) is 2.52. The second kappa shape index (κ2) is 5.00. The van der Waals surface area contributed by atoms with Crippen LogP contribution in [0.4, 0.5) is 0 Å². The van der Waals surface area contributed by atoms with Gasteiger partial charge in [0, 0.05) is 0 Å². The van der Waals surface area contributed by atoms with Crippen LogP contribution in [0, 0.1) is 0 Å². The summed E-state index contributed by atoms with van der Waals surface area (Å²) in [7, 11) is 0. The minimum atomic E-state index is -0.0598. The van der Waals surface area contributed by atoms with Crippen molar-refractivity contribution in [2.75, 3.05) is 6.26 Å². The van der Waals surface area contributed by atoms with Gasteiger partial charge in [0.2, 0.25) is 0 Å². The summed E-state index contributed by atoms with van der Waals surface area (Å²) in [6.07, 6.45) is 7.45. The van der Waals surface area contributed by atoms with Crippen molar-refractivity contribution < 1.29 is 0 Å². The van der Waals surface area contributed by atoms with Crippen molar-refractivity contribution in [3.8, 4) is 0 Å². The molecule has 0 aromatic carbocycles. The van der Waals surface area contributed by atoms with Gasteiger partial charge in [-0.2, -0.15) is 5.10 Å². The van der Waals surface area contributed by atoms with Gasteiger partial charge in [-0.1, -0.05) is 31.5 Å². The van der Waals surface area contributed by atoms with E-state index in [9.17, 15) is 4.79 Å². The second-order valence-corrected chi connectivity index (χ2v) is 5.75. The lowest BCUT2D eigenvalue weighted by molar-refractivity contribution is 0.473. The number of nitrogens with zero attached hydrogens (tertiary/aromatic N) is 3. The maximum Gasteiger partial charge on any atom is 0.262 e. The molecule has 5 nitrogen and oxygen atoms in total. The number of H-pyrrole nitrogens is 1. The highest BCUT2D eigenvalue weighted by Gasteiger charge is 2.23. The molecule has 0 aliphatic heterocycles. The van der Waals surface area contributed by atoms with E-state index < -0.39 is 0 Å². The summed E-state index contributed by atoms with van der Waals surface area (Å²) < 4.78 is 2.00. The van der Waals surface area contributed by atoms with E-state index in [2.05, 4.69) is 15.1 Å². The summed E-state index contributed by atoms with van der Waals surface area (Å²) in [5, 5.41) is 5.99. The molecule has 0 unspecified atom stereocenters. The van der Waals surface area contributed by atoms with Gasteiger partial charge in [-0.25, -0.2) is 9.67 Å². The van der Waals surface area contributed by atoms with Crippen LogP contribution in [0.1, 0.15) is 44.3 Å². The molecule has 2 heterocycles. The monoisotopic (exact) mass is 278 g/mol. The van der Waals surface area contributed by atoms with Crippen molar-refractivity contribution in [2.24, 2.45) is 0 Å². The molecule has 0 spiro atoms. The van der Waals surface area contributed by atoms with E-state index in [-0.39, 0.29) is 5.56 Å². The molecule has 2 aromatic rings. The van der Waals surface area contributed by atoms with Gasteiger partial charge in [0.1, 0.15) is 5.39 Å². The molecule has 19 heavy (non-hydrogen) atoms. The van der Waals surface area contributed by atoms with Crippen molar-refractivity contribution in [1.29, 1.82) is 0 Å². The molecule has 1 aliphatic rings. The van der Waals surface area contributed by atoms with E-state index in [1.54, 1.807) is 0 Å². The molecule has 1 aliphatic carbocycles. The van der Waals surface area contributed by atoms with Crippen LogP contribution < -0.4 is 5.56 Å². The number of thioether (sulfide) groups is 1. The first-order valence-electron chi connectivity index (χ1n) is 6.80. The number of hydrogen-bond acceptors (Lipinski definition) is 4. The summed E-state index contributed by atoms with van der Waals surface area (Å²) in [6.45, 7) is 2.03.